The van der Waals surface area contributed by atoms with Crippen molar-refractivity contribution in [1.29, 1.82) is 0 Å². The van der Waals surface area contributed by atoms with Crippen LogP contribution < -0.4 is 4.74 Å². The lowest BCUT2D eigenvalue weighted by molar-refractivity contribution is 0.00459. The third-order valence-electron chi connectivity index (χ3n) is 3.38. The van der Waals surface area contributed by atoms with E-state index in [4.69, 9.17) is 9.47 Å². The normalized spacial score (nSPS) is 22.1. The lowest BCUT2D eigenvalue weighted by Gasteiger charge is -2.25. The molecule has 0 heterocycles. The van der Waals surface area contributed by atoms with Gasteiger partial charge in [0.2, 0.25) is 0 Å². The van der Waals surface area contributed by atoms with Crippen molar-refractivity contribution in [3.05, 3.63) is 42.5 Å². The number of carbonyl (C=O) groups excluding carboxylic acids is 1. The van der Waals surface area contributed by atoms with E-state index in [0.29, 0.717) is 30.8 Å². The topological polar surface area (TPSA) is 55.8 Å². The Hall–Kier alpha value is -1.81. The predicted molar refractivity (Wildman–Crippen MR) is 75.8 cm³/mol. The second-order valence-electron chi connectivity index (χ2n) is 4.96. The maximum atomic E-state index is 12.0. The Labute approximate surface area is 119 Å². The van der Waals surface area contributed by atoms with Gasteiger partial charge in [0.05, 0.1) is 11.7 Å². The Morgan fingerprint density at radius 2 is 1.90 bits per heavy atom. The molecule has 1 saturated carbocycles. The molecule has 1 aromatic carbocycles. The highest BCUT2D eigenvalue weighted by Crippen LogP contribution is 2.22. The summed E-state index contributed by atoms with van der Waals surface area (Å²) >= 11 is 0. The number of ether oxygens (including phenoxy) is 2. The molecule has 4 nitrogen and oxygen atoms in total. The molecule has 2 rings (SSSR count). The molecule has 1 N–H and O–H groups in total. The average Bonchev–Trinajstić information content (AvgIpc) is 2.48. The summed E-state index contributed by atoms with van der Waals surface area (Å²) in [6, 6.07) is 6.87. The molecule has 0 aliphatic heterocycles. The summed E-state index contributed by atoms with van der Waals surface area (Å²) in [5, 5.41) is 9.42. The largest absolute Gasteiger partial charge is 0.490 e. The lowest BCUT2D eigenvalue weighted by Crippen LogP contribution is -2.26. The van der Waals surface area contributed by atoms with Crippen LogP contribution in [-0.4, -0.2) is 29.9 Å². The van der Waals surface area contributed by atoms with Crippen LogP contribution in [0.4, 0.5) is 0 Å². The van der Waals surface area contributed by atoms with Gasteiger partial charge >= 0.3 is 5.97 Å². The molecule has 0 unspecified atom stereocenters. The molecule has 0 amide bonds. The first-order chi connectivity index (χ1) is 9.69. The Morgan fingerprint density at radius 1 is 1.25 bits per heavy atom. The van der Waals surface area contributed by atoms with Crippen LogP contribution in [0.5, 0.6) is 5.75 Å². The van der Waals surface area contributed by atoms with E-state index in [-0.39, 0.29) is 18.2 Å². The molecule has 0 atom stereocenters. The zero-order valence-electron chi connectivity index (χ0n) is 11.5. The molecule has 1 aliphatic carbocycles. The Kier molecular flexibility index (Phi) is 5.18. The highest BCUT2D eigenvalue weighted by Gasteiger charge is 2.22. The summed E-state index contributed by atoms with van der Waals surface area (Å²) in [5.41, 5.74) is 0.516. The maximum absolute atomic E-state index is 12.0. The lowest BCUT2D eigenvalue weighted by atomic mass is 9.95. The van der Waals surface area contributed by atoms with Gasteiger partial charge in [-0.15, -0.1) is 0 Å². The molecule has 0 radical (unpaired) electrons. The highest BCUT2D eigenvalue weighted by molar-refractivity contribution is 5.89. The minimum absolute atomic E-state index is 0.0809. The van der Waals surface area contributed by atoms with Gasteiger partial charge in [-0.3, -0.25) is 0 Å². The minimum atomic E-state index is -0.318. The quantitative estimate of drug-likeness (QED) is 0.663. The van der Waals surface area contributed by atoms with E-state index in [0.717, 1.165) is 12.8 Å². The van der Waals surface area contributed by atoms with Crippen molar-refractivity contribution in [2.75, 3.05) is 6.61 Å². The number of aliphatic hydroxyl groups excluding tert-OH is 1. The van der Waals surface area contributed by atoms with E-state index in [1.165, 1.54) is 0 Å². The molecule has 1 aromatic rings. The van der Waals surface area contributed by atoms with Gasteiger partial charge in [-0.05, 0) is 49.9 Å². The summed E-state index contributed by atoms with van der Waals surface area (Å²) in [6.45, 7) is 4.01. The third kappa shape index (κ3) is 4.10. The van der Waals surface area contributed by atoms with Crippen LogP contribution in [0.1, 0.15) is 36.0 Å². The van der Waals surface area contributed by atoms with E-state index >= 15 is 0 Å². The number of rotatable bonds is 5. The molecule has 1 aliphatic rings. The van der Waals surface area contributed by atoms with E-state index in [9.17, 15) is 9.90 Å². The first kappa shape index (κ1) is 14.6. The average molecular weight is 276 g/mol. The summed E-state index contributed by atoms with van der Waals surface area (Å²) in [7, 11) is 0. The fourth-order valence-corrected chi connectivity index (χ4v) is 2.22. The van der Waals surface area contributed by atoms with Crippen molar-refractivity contribution in [2.24, 2.45) is 0 Å². The molecule has 0 spiro atoms. The van der Waals surface area contributed by atoms with E-state index in [1.54, 1.807) is 30.3 Å². The Balaban J connectivity index is 1.87. The first-order valence-corrected chi connectivity index (χ1v) is 6.92. The smallest absolute Gasteiger partial charge is 0.338 e. The standard InChI is InChI=1S/C16H20O4/c1-2-11-19-14-7-3-12(4-8-14)16(18)20-15-9-5-13(17)6-10-15/h2-4,7-8,13,15,17H,1,5-6,9-11H2/t13-,15-. The van der Waals surface area contributed by atoms with Crippen molar-refractivity contribution in [2.45, 2.75) is 37.9 Å². The molecule has 1 fully saturated rings. The number of hydrogen-bond acceptors (Lipinski definition) is 4. The van der Waals surface area contributed by atoms with E-state index in [2.05, 4.69) is 6.58 Å². The summed E-state index contributed by atoms with van der Waals surface area (Å²) in [5.74, 6) is 0.379. The Morgan fingerprint density at radius 3 is 2.50 bits per heavy atom. The van der Waals surface area contributed by atoms with Gasteiger partial charge in [-0.25, -0.2) is 4.79 Å². The molecule has 4 heteroatoms. The predicted octanol–water partition coefficient (Wildman–Crippen LogP) is 2.71. The van der Waals surface area contributed by atoms with E-state index in [1.807, 2.05) is 0 Å². The summed E-state index contributed by atoms with van der Waals surface area (Å²) < 4.78 is 10.8. The molecule has 20 heavy (non-hydrogen) atoms. The van der Waals surface area contributed by atoms with Gasteiger partial charge in [-0.1, -0.05) is 12.7 Å². The van der Waals surface area contributed by atoms with Crippen LogP contribution >= 0.6 is 0 Å². The van der Waals surface area contributed by atoms with Crippen LogP contribution in [0, 0.1) is 0 Å². The van der Waals surface area contributed by atoms with Gasteiger partial charge in [0.25, 0.3) is 0 Å². The van der Waals surface area contributed by atoms with Gasteiger partial charge in [0.1, 0.15) is 18.5 Å². The number of esters is 1. The van der Waals surface area contributed by atoms with Crippen LogP contribution in [0.3, 0.4) is 0 Å². The number of carbonyl (C=O) groups is 1. The van der Waals surface area contributed by atoms with Gasteiger partial charge in [-0.2, -0.15) is 0 Å². The fraction of sp³-hybridized carbons (Fsp3) is 0.438. The second kappa shape index (κ2) is 7.10. The summed E-state index contributed by atoms with van der Waals surface area (Å²) in [4.78, 5) is 12.0. The molecular formula is C16H20O4. The minimum Gasteiger partial charge on any atom is -0.490 e. The number of aliphatic hydroxyl groups is 1. The zero-order valence-corrected chi connectivity index (χ0v) is 11.5. The van der Waals surface area contributed by atoms with Crippen molar-refractivity contribution in [3.8, 4) is 5.75 Å². The van der Waals surface area contributed by atoms with Crippen LogP contribution in [0.15, 0.2) is 36.9 Å². The second-order valence-corrected chi connectivity index (χ2v) is 4.96. The molecule has 108 valence electrons. The van der Waals surface area contributed by atoms with Gasteiger partial charge in [0, 0.05) is 0 Å². The maximum Gasteiger partial charge on any atom is 0.338 e. The monoisotopic (exact) mass is 276 g/mol. The van der Waals surface area contributed by atoms with Crippen LogP contribution in [0.25, 0.3) is 0 Å². The van der Waals surface area contributed by atoms with Crippen molar-refractivity contribution in [3.63, 3.8) is 0 Å². The number of benzene rings is 1. The van der Waals surface area contributed by atoms with E-state index < -0.39 is 0 Å². The van der Waals surface area contributed by atoms with Gasteiger partial charge in [0.15, 0.2) is 0 Å². The van der Waals surface area contributed by atoms with Crippen molar-refractivity contribution < 1.29 is 19.4 Å². The molecular weight excluding hydrogens is 256 g/mol. The number of hydrogen-bond donors (Lipinski definition) is 1. The first-order valence-electron chi connectivity index (χ1n) is 6.92. The Bertz CT molecular complexity index is 444. The highest BCUT2D eigenvalue weighted by atomic mass is 16.5. The van der Waals surface area contributed by atoms with Crippen LogP contribution in [0.2, 0.25) is 0 Å². The SMILES string of the molecule is C=CCOc1ccc(C(=O)O[C@H]2CC[C@H](O)CC2)cc1. The van der Waals surface area contributed by atoms with Crippen molar-refractivity contribution >= 4 is 5.97 Å². The molecule has 0 aromatic heterocycles. The zero-order chi connectivity index (χ0) is 14.4. The third-order valence-corrected chi connectivity index (χ3v) is 3.38. The summed E-state index contributed by atoms with van der Waals surface area (Å²) in [6.07, 6.45) is 4.20. The fourth-order valence-electron chi connectivity index (χ4n) is 2.22. The van der Waals surface area contributed by atoms with Crippen LogP contribution in [-0.2, 0) is 4.74 Å². The molecule has 0 bridgehead atoms. The van der Waals surface area contributed by atoms with Crippen molar-refractivity contribution in [1.82, 2.24) is 0 Å². The molecule has 0 saturated heterocycles. The van der Waals surface area contributed by atoms with Gasteiger partial charge < -0.3 is 14.6 Å².